The molecule has 0 unspecified atom stereocenters. The Bertz CT molecular complexity index is 754. The minimum absolute atomic E-state index is 0.0182. The zero-order chi connectivity index (χ0) is 19.1. The molecule has 0 aliphatic carbocycles. The molecule has 0 spiro atoms. The summed E-state index contributed by atoms with van der Waals surface area (Å²) in [5, 5.41) is 3.10. The number of piperidine rings is 1. The lowest BCUT2D eigenvalue weighted by molar-refractivity contribution is -0.122. The second-order valence-corrected chi connectivity index (χ2v) is 8.28. The van der Waals surface area contributed by atoms with Gasteiger partial charge in [0.2, 0.25) is 5.91 Å². The number of hydrogen-bond acceptors (Lipinski definition) is 3. The van der Waals surface area contributed by atoms with E-state index in [2.05, 4.69) is 57.1 Å². The van der Waals surface area contributed by atoms with Crippen LogP contribution in [0, 0.1) is 3.57 Å². The van der Waals surface area contributed by atoms with E-state index in [4.69, 9.17) is 0 Å². The number of ketones is 1. The number of nitrogens with zero attached hydrogens (tertiary/aromatic N) is 1. The van der Waals surface area contributed by atoms with Crippen LogP contribution in [0.2, 0.25) is 0 Å². The van der Waals surface area contributed by atoms with Gasteiger partial charge in [0.25, 0.3) is 0 Å². The van der Waals surface area contributed by atoms with Gasteiger partial charge in [-0.15, -0.1) is 0 Å². The van der Waals surface area contributed by atoms with E-state index in [0.717, 1.165) is 36.0 Å². The van der Waals surface area contributed by atoms with Gasteiger partial charge in [-0.1, -0.05) is 42.5 Å². The molecule has 27 heavy (non-hydrogen) atoms. The monoisotopic (exact) mass is 476 g/mol. The van der Waals surface area contributed by atoms with E-state index in [9.17, 15) is 9.59 Å². The average molecular weight is 476 g/mol. The van der Waals surface area contributed by atoms with Gasteiger partial charge in [0, 0.05) is 47.7 Å². The molecule has 4 nitrogen and oxygen atoms in total. The maximum absolute atomic E-state index is 12.2. The first-order chi connectivity index (χ1) is 13.1. The minimum atomic E-state index is -0.0182. The number of nitrogens with one attached hydrogen (secondary N) is 1. The predicted octanol–water partition coefficient (Wildman–Crippen LogP) is 4.03. The highest BCUT2D eigenvalue weighted by Crippen LogP contribution is 2.14. The molecular formula is C22H25IN2O2. The summed E-state index contributed by atoms with van der Waals surface area (Å²) >= 11 is 2.21. The van der Waals surface area contributed by atoms with Crippen LogP contribution in [-0.4, -0.2) is 35.7 Å². The second-order valence-electron chi connectivity index (χ2n) is 7.03. The van der Waals surface area contributed by atoms with Crippen molar-refractivity contribution in [1.82, 2.24) is 10.2 Å². The number of rotatable bonds is 7. The Kier molecular flexibility index (Phi) is 7.41. The highest BCUT2D eigenvalue weighted by molar-refractivity contribution is 14.1. The van der Waals surface area contributed by atoms with Gasteiger partial charge in [0.1, 0.15) is 0 Å². The SMILES string of the molecule is O=C(CCC(=O)c1ccc(I)cc1)NC1CCN(Cc2ccccc2)CC1. The molecule has 1 heterocycles. The number of halogens is 1. The maximum atomic E-state index is 12.2. The number of benzene rings is 2. The number of amides is 1. The Hall–Kier alpha value is -1.73. The summed E-state index contributed by atoms with van der Waals surface area (Å²) in [7, 11) is 0. The topological polar surface area (TPSA) is 49.4 Å². The Balaban J connectivity index is 1.36. The first-order valence-corrected chi connectivity index (χ1v) is 10.5. The number of Topliss-reactive ketones (excluding diaryl/α,β-unsaturated/α-hetero) is 1. The van der Waals surface area contributed by atoms with Crippen molar-refractivity contribution in [3.8, 4) is 0 Å². The maximum Gasteiger partial charge on any atom is 0.220 e. The summed E-state index contributed by atoms with van der Waals surface area (Å²) in [5.41, 5.74) is 2.01. The third-order valence-electron chi connectivity index (χ3n) is 4.95. The molecule has 1 saturated heterocycles. The normalized spacial score (nSPS) is 15.4. The highest BCUT2D eigenvalue weighted by atomic mass is 127. The fraction of sp³-hybridized carbons (Fsp3) is 0.364. The molecule has 3 rings (SSSR count). The van der Waals surface area contributed by atoms with E-state index in [1.807, 2.05) is 30.3 Å². The van der Waals surface area contributed by atoms with E-state index in [-0.39, 0.29) is 30.6 Å². The summed E-state index contributed by atoms with van der Waals surface area (Å²) in [6.45, 7) is 2.94. The molecule has 142 valence electrons. The largest absolute Gasteiger partial charge is 0.353 e. The minimum Gasteiger partial charge on any atom is -0.353 e. The van der Waals surface area contributed by atoms with Crippen molar-refractivity contribution in [2.75, 3.05) is 13.1 Å². The Morgan fingerprint density at radius 3 is 2.30 bits per heavy atom. The van der Waals surface area contributed by atoms with Gasteiger partial charge < -0.3 is 5.32 Å². The van der Waals surface area contributed by atoms with Crippen LogP contribution in [0.25, 0.3) is 0 Å². The van der Waals surface area contributed by atoms with Crippen LogP contribution in [-0.2, 0) is 11.3 Å². The quantitative estimate of drug-likeness (QED) is 0.485. The first-order valence-electron chi connectivity index (χ1n) is 9.44. The molecule has 1 aliphatic rings. The van der Waals surface area contributed by atoms with Crippen LogP contribution in [0.4, 0.5) is 0 Å². The molecule has 1 N–H and O–H groups in total. The van der Waals surface area contributed by atoms with Crippen LogP contribution in [0.3, 0.4) is 0 Å². The lowest BCUT2D eigenvalue weighted by Crippen LogP contribution is -2.44. The van der Waals surface area contributed by atoms with Crippen molar-refractivity contribution >= 4 is 34.3 Å². The van der Waals surface area contributed by atoms with Crippen molar-refractivity contribution in [2.45, 2.75) is 38.3 Å². The lowest BCUT2D eigenvalue weighted by atomic mass is 10.0. The van der Waals surface area contributed by atoms with E-state index in [1.165, 1.54) is 5.56 Å². The summed E-state index contributed by atoms with van der Waals surface area (Å²) < 4.78 is 1.10. The van der Waals surface area contributed by atoms with Gasteiger partial charge in [-0.2, -0.15) is 0 Å². The lowest BCUT2D eigenvalue weighted by Gasteiger charge is -2.32. The summed E-state index contributed by atoms with van der Waals surface area (Å²) in [4.78, 5) is 26.8. The smallest absolute Gasteiger partial charge is 0.220 e. The summed E-state index contributed by atoms with van der Waals surface area (Å²) in [5.74, 6) is 0.00889. The molecule has 1 aliphatic heterocycles. The third kappa shape index (κ3) is 6.43. The molecule has 2 aromatic carbocycles. The van der Waals surface area contributed by atoms with Crippen molar-refractivity contribution in [3.63, 3.8) is 0 Å². The molecule has 2 aromatic rings. The van der Waals surface area contributed by atoms with Crippen LogP contribution in [0.5, 0.6) is 0 Å². The van der Waals surface area contributed by atoms with Gasteiger partial charge in [-0.3, -0.25) is 14.5 Å². The summed E-state index contributed by atoms with van der Waals surface area (Å²) in [6, 6.07) is 18.2. The van der Waals surface area contributed by atoms with E-state index in [1.54, 1.807) is 0 Å². The molecular weight excluding hydrogens is 451 g/mol. The van der Waals surface area contributed by atoms with Gasteiger partial charge in [0.05, 0.1) is 0 Å². The number of likely N-dealkylation sites (tertiary alicyclic amines) is 1. The molecule has 0 atom stereocenters. The Morgan fingerprint density at radius 1 is 0.963 bits per heavy atom. The highest BCUT2D eigenvalue weighted by Gasteiger charge is 2.21. The fourth-order valence-corrected chi connectivity index (χ4v) is 3.74. The molecule has 0 aromatic heterocycles. The number of carbonyl (C=O) groups excluding carboxylic acids is 2. The van der Waals surface area contributed by atoms with Gasteiger partial charge in [0.15, 0.2) is 5.78 Å². The Labute approximate surface area is 174 Å². The second kappa shape index (κ2) is 9.99. The standard InChI is InChI=1S/C22H25IN2O2/c23-19-8-6-18(7-9-19)21(26)10-11-22(27)24-20-12-14-25(15-13-20)16-17-4-2-1-3-5-17/h1-9,20H,10-16H2,(H,24,27). The number of hydrogen-bond donors (Lipinski definition) is 1. The first kappa shape index (κ1) is 20.0. The molecule has 5 heteroatoms. The van der Waals surface area contributed by atoms with Crippen molar-refractivity contribution in [2.24, 2.45) is 0 Å². The zero-order valence-corrected chi connectivity index (χ0v) is 17.5. The van der Waals surface area contributed by atoms with Crippen LogP contribution in [0.1, 0.15) is 41.6 Å². The molecule has 1 amide bonds. The van der Waals surface area contributed by atoms with Gasteiger partial charge >= 0.3 is 0 Å². The summed E-state index contributed by atoms with van der Waals surface area (Å²) in [6.07, 6.45) is 2.45. The molecule has 0 bridgehead atoms. The average Bonchev–Trinajstić information content (AvgIpc) is 2.69. The van der Waals surface area contributed by atoms with Crippen LogP contribution in [0.15, 0.2) is 54.6 Å². The van der Waals surface area contributed by atoms with E-state index in [0.29, 0.717) is 5.56 Å². The van der Waals surface area contributed by atoms with Gasteiger partial charge in [-0.25, -0.2) is 0 Å². The molecule has 1 fully saturated rings. The van der Waals surface area contributed by atoms with E-state index < -0.39 is 0 Å². The number of carbonyl (C=O) groups is 2. The van der Waals surface area contributed by atoms with Gasteiger partial charge in [-0.05, 0) is 53.1 Å². The zero-order valence-electron chi connectivity index (χ0n) is 15.4. The van der Waals surface area contributed by atoms with E-state index >= 15 is 0 Å². The Morgan fingerprint density at radius 2 is 1.63 bits per heavy atom. The van der Waals surface area contributed by atoms with Crippen molar-refractivity contribution in [3.05, 3.63) is 69.3 Å². The molecule has 0 radical (unpaired) electrons. The van der Waals surface area contributed by atoms with Crippen LogP contribution < -0.4 is 5.32 Å². The van der Waals surface area contributed by atoms with Crippen molar-refractivity contribution < 1.29 is 9.59 Å². The third-order valence-corrected chi connectivity index (χ3v) is 5.67. The van der Waals surface area contributed by atoms with Crippen molar-refractivity contribution in [1.29, 1.82) is 0 Å². The fourth-order valence-electron chi connectivity index (χ4n) is 3.38. The van der Waals surface area contributed by atoms with Crippen LogP contribution >= 0.6 is 22.6 Å². The predicted molar refractivity (Wildman–Crippen MR) is 116 cm³/mol. The molecule has 0 saturated carbocycles.